The topological polar surface area (TPSA) is 55.1 Å². The van der Waals surface area contributed by atoms with Crippen LogP contribution < -0.4 is 11.1 Å². The molecular weight excluding hydrogens is 236 g/mol. The quantitative estimate of drug-likeness (QED) is 0.827. The molecule has 0 spiro atoms. The second-order valence-electron chi connectivity index (χ2n) is 4.76. The lowest BCUT2D eigenvalue weighted by Gasteiger charge is -2.09. The first-order valence-corrected chi connectivity index (χ1v) is 6.26. The Labute approximate surface area is 113 Å². The van der Waals surface area contributed by atoms with Crippen molar-refractivity contribution in [3.63, 3.8) is 0 Å². The van der Waals surface area contributed by atoms with Gasteiger partial charge in [0.2, 0.25) is 0 Å². The Morgan fingerprint density at radius 1 is 1.11 bits per heavy atom. The Balaban J connectivity index is 2.07. The van der Waals surface area contributed by atoms with Crippen molar-refractivity contribution in [2.75, 3.05) is 5.73 Å². The average Bonchev–Trinajstić information content (AvgIpc) is 2.39. The summed E-state index contributed by atoms with van der Waals surface area (Å²) in [6.45, 7) is 4.48. The lowest BCUT2D eigenvalue weighted by atomic mass is 10.1. The molecule has 0 bridgehead atoms. The molecule has 0 saturated carbocycles. The summed E-state index contributed by atoms with van der Waals surface area (Å²) in [4.78, 5) is 12.1. The molecule has 0 aliphatic rings. The molecular formula is C16H18N2O. The summed E-state index contributed by atoms with van der Waals surface area (Å²) >= 11 is 0. The minimum absolute atomic E-state index is 0.136. The highest BCUT2D eigenvalue weighted by molar-refractivity contribution is 5.99. The maximum Gasteiger partial charge on any atom is 0.253 e. The highest BCUT2D eigenvalue weighted by Gasteiger charge is 2.09. The molecule has 3 N–H and O–H groups in total. The SMILES string of the molecule is Cc1cccc(CNC(=O)c2cc(C)ccc2N)c1. The highest BCUT2D eigenvalue weighted by atomic mass is 16.1. The third-order valence-corrected chi connectivity index (χ3v) is 2.99. The number of nitrogens with one attached hydrogen (secondary N) is 1. The van der Waals surface area contributed by atoms with Crippen LogP contribution in [0, 0.1) is 13.8 Å². The third-order valence-electron chi connectivity index (χ3n) is 2.99. The summed E-state index contributed by atoms with van der Waals surface area (Å²) in [5.74, 6) is -0.136. The zero-order valence-electron chi connectivity index (χ0n) is 11.2. The predicted octanol–water partition coefficient (Wildman–Crippen LogP) is 2.82. The van der Waals surface area contributed by atoms with E-state index in [1.807, 2.05) is 38.1 Å². The van der Waals surface area contributed by atoms with Crippen molar-refractivity contribution in [1.29, 1.82) is 0 Å². The van der Waals surface area contributed by atoms with Crippen molar-refractivity contribution in [2.45, 2.75) is 20.4 Å². The van der Waals surface area contributed by atoms with E-state index in [0.29, 0.717) is 17.8 Å². The van der Waals surface area contributed by atoms with E-state index in [0.717, 1.165) is 11.1 Å². The minimum Gasteiger partial charge on any atom is -0.398 e. The molecule has 0 heterocycles. The number of hydrogen-bond donors (Lipinski definition) is 2. The van der Waals surface area contributed by atoms with Crippen molar-refractivity contribution in [3.8, 4) is 0 Å². The molecule has 0 aliphatic heterocycles. The van der Waals surface area contributed by atoms with Crippen molar-refractivity contribution >= 4 is 11.6 Å². The van der Waals surface area contributed by atoms with E-state index in [1.165, 1.54) is 5.56 Å². The van der Waals surface area contributed by atoms with Crippen LogP contribution in [0.1, 0.15) is 27.0 Å². The first-order valence-electron chi connectivity index (χ1n) is 6.26. The predicted molar refractivity (Wildman–Crippen MR) is 77.9 cm³/mol. The standard InChI is InChI=1S/C16H18N2O/c1-11-4-3-5-13(8-11)10-18-16(19)14-9-12(2)6-7-15(14)17/h3-9H,10,17H2,1-2H3,(H,18,19). The van der Waals surface area contributed by atoms with Crippen LogP contribution in [0.15, 0.2) is 42.5 Å². The normalized spacial score (nSPS) is 10.2. The number of benzene rings is 2. The van der Waals surface area contributed by atoms with Gasteiger partial charge in [0.15, 0.2) is 0 Å². The second kappa shape index (κ2) is 5.57. The Kier molecular flexibility index (Phi) is 3.85. The van der Waals surface area contributed by atoms with Gasteiger partial charge >= 0.3 is 0 Å². The van der Waals surface area contributed by atoms with E-state index in [9.17, 15) is 4.79 Å². The third kappa shape index (κ3) is 3.35. The molecule has 3 nitrogen and oxygen atoms in total. The van der Waals surface area contributed by atoms with Gasteiger partial charge < -0.3 is 11.1 Å². The van der Waals surface area contributed by atoms with E-state index in [1.54, 1.807) is 12.1 Å². The molecule has 0 fully saturated rings. The monoisotopic (exact) mass is 254 g/mol. The summed E-state index contributed by atoms with van der Waals surface area (Å²) in [5, 5.41) is 2.89. The Morgan fingerprint density at radius 2 is 1.84 bits per heavy atom. The zero-order valence-corrected chi connectivity index (χ0v) is 11.2. The number of anilines is 1. The maximum atomic E-state index is 12.1. The first kappa shape index (κ1) is 13.1. The molecule has 0 aliphatic carbocycles. The van der Waals surface area contributed by atoms with Crippen molar-refractivity contribution in [1.82, 2.24) is 5.32 Å². The van der Waals surface area contributed by atoms with Crippen LogP contribution in [0.2, 0.25) is 0 Å². The van der Waals surface area contributed by atoms with E-state index in [-0.39, 0.29) is 5.91 Å². The number of rotatable bonds is 3. The summed E-state index contributed by atoms with van der Waals surface area (Å²) in [6, 6.07) is 13.5. The largest absolute Gasteiger partial charge is 0.398 e. The molecule has 19 heavy (non-hydrogen) atoms. The van der Waals surface area contributed by atoms with Crippen LogP contribution >= 0.6 is 0 Å². The van der Waals surface area contributed by atoms with Crippen LogP contribution in [-0.2, 0) is 6.54 Å². The fourth-order valence-corrected chi connectivity index (χ4v) is 1.97. The molecule has 1 amide bonds. The van der Waals surface area contributed by atoms with Gasteiger partial charge in [-0.3, -0.25) is 4.79 Å². The zero-order chi connectivity index (χ0) is 13.8. The molecule has 0 radical (unpaired) electrons. The fourth-order valence-electron chi connectivity index (χ4n) is 1.97. The minimum atomic E-state index is -0.136. The lowest BCUT2D eigenvalue weighted by molar-refractivity contribution is 0.0951. The number of carbonyl (C=O) groups is 1. The number of carbonyl (C=O) groups excluding carboxylic acids is 1. The molecule has 2 rings (SSSR count). The smallest absolute Gasteiger partial charge is 0.253 e. The molecule has 0 aromatic heterocycles. The second-order valence-corrected chi connectivity index (χ2v) is 4.76. The number of nitrogen functional groups attached to an aromatic ring is 1. The molecule has 0 saturated heterocycles. The molecule has 98 valence electrons. The number of amides is 1. The molecule has 0 atom stereocenters. The van der Waals surface area contributed by atoms with Gasteiger partial charge in [-0.2, -0.15) is 0 Å². The number of nitrogens with two attached hydrogens (primary N) is 1. The number of hydrogen-bond acceptors (Lipinski definition) is 2. The van der Waals surface area contributed by atoms with Gasteiger partial charge in [-0.05, 0) is 31.5 Å². The van der Waals surface area contributed by atoms with E-state index in [2.05, 4.69) is 11.4 Å². The molecule has 3 heteroatoms. The number of aryl methyl sites for hydroxylation is 2. The van der Waals surface area contributed by atoms with Crippen molar-refractivity contribution in [3.05, 3.63) is 64.7 Å². The van der Waals surface area contributed by atoms with Crippen molar-refractivity contribution in [2.24, 2.45) is 0 Å². The molecule has 2 aromatic carbocycles. The van der Waals surface area contributed by atoms with Crippen LogP contribution in [-0.4, -0.2) is 5.91 Å². The van der Waals surface area contributed by atoms with Gasteiger partial charge in [-0.25, -0.2) is 0 Å². The van der Waals surface area contributed by atoms with E-state index < -0.39 is 0 Å². The fraction of sp³-hybridized carbons (Fsp3) is 0.188. The van der Waals surface area contributed by atoms with Gasteiger partial charge in [0, 0.05) is 12.2 Å². The van der Waals surface area contributed by atoms with Crippen LogP contribution in [0.5, 0.6) is 0 Å². The summed E-state index contributed by atoms with van der Waals surface area (Å²) < 4.78 is 0. The maximum absolute atomic E-state index is 12.1. The van der Waals surface area contributed by atoms with Gasteiger partial charge in [0.1, 0.15) is 0 Å². The highest BCUT2D eigenvalue weighted by Crippen LogP contribution is 2.13. The lowest BCUT2D eigenvalue weighted by Crippen LogP contribution is -2.23. The van der Waals surface area contributed by atoms with Crippen molar-refractivity contribution < 1.29 is 4.79 Å². The summed E-state index contributed by atoms with van der Waals surface area (Å²) in [6.07, 6.45) is 0. The van der Waals surface area contributed by atoms with Gasteiger partial charge in [0.25, 0.3) is 5.91 Å². The van der Waals surface area contributed by atoms with Gasteiger partial charge in [-0.1, -0.05) is 41.5 Å². The molecule has 2 aromatic rings. The summed E-state index contributed by atoms with van der Waals surface area (Å²) in [5.41, 5.74) is 10.2. The summed E-state index contributed by atoms with van der Waals surface area (Å²) in [7, 11) is 0. The van der Waals surface area contributed by atoms with E-state index in [4.69, 9.17) is 5.73 Å². The van der Waals surface area contributed by atoms with Gasteiger partial charge in [0.05, 0.1) is 5.56 Å². The Hall–Kier alpha value is -2.29. The molecule has 0 unspecified atom stereocenters. The van der Waals surface area contributed by atoms with E-state index >= 15 is 0 Å². The average molecular weight is 254 g/mol. The van der Waals surface area contributed by atoms with Crippen LogP contribution in [0.25, 0.3) is 0 Å². The first-order chi connectivity index (χ1) is 9.06. The Morgan fingerprint density at radius 3 is 2.58 bits per heavy atom. The van der Waals surface area contributed by atoms with Crippen LogP contribution in [0.4, 0.5) is 5.69 Å². The Bertz CT molecular complexity index is 605. The van der Waals surface area contributed by atoms with Gasteiger partial charge in [-0.15, -0.1) is 0 Å². The van der Waals surface area contributed by atoms with Crippen LogP contribution in [0.3, 0.4) is 0 Å².